The Kier molecular flexibility index (Phi) is 29.4. The van der Waals surface area contributed by atoms with Crippen molar-refractivity contribution in [2.75, 3.05) is 0 Å². The van der Waals surface area contributed by atoms with Crippen LogP contribution in [0, 0.1) is 0 Å². The highest BCUT2D eigenvalue weighted by Gasteiger charge is 2.06. The summed E-state index contributed by atoms with van der Waals surface area (Å²) in [6, 6.07) is 17.4. The molecule has 2 aromatic heterocycles. The van der Waals surface area contributed by atoms with E-state index in [4.69, 9.17) is 9.47 Å². The van der Waals surface area contributed by atoms with Crippen LogP contribution in [0.5, 0.6) is 0 Å². The molecular weight excluding hydrogens is 685 g/mol. The summed E-state index contributed by atoms with van der Waals surface area (Å²) in [5, 5.41) is 0. The summed E-state index contributed by atoms with van der Waals surface area (Å²) in [5.74, 6) is 0. The molecule has 0 aliphatic carbocycles. The van der Waals surface area contributed by atoms with E-state index in [-0.39, 0.29) is 0 Å². The number of pyridine rings is 2. The van der Waals surface area contributed by atoms with Crippen LogP contribution in [0.2, 0.25) is 0 Å². The van der Waals surface area contributed by atoms with E-state index < -0.39 is 0 Å². The van der Waals surface area contributed by atoms with Crippen molar-refractivity contribution in [2.24, 2.45) is 0 Å². The monoisotopic (exact) mass is 771 g/mol. The fourth-order valence-electron chi connectivity index (χ4n) is 7.88. The van der Waals surface area contributed by atoms with E-state index in [1.165, 1.54) is 202 Å². The van der Waals surface area contributed by atoms with E-state index in [0.717, 1.165) is 13.1 Å². The molecule has 56 heavy (non-hydrogen) atoms. The number of aryl methyl sites for hydroxylation is 2. The lowest BCUT2D eigenvalue weighted by molar-refractivity contribution is -0.698. The molecule has 4 heteroatoms. The Bertz CT molecular complexity index is 1210. The van der Waals surface area contributed by atoms with E-state index in [1.54, 1.807) is 0 Å². The minimum atomic E-state index is 0.623. The van der Waals surface area contributed by atoms with E-state index in [0.29, 0.717) is 26.4 Å². The fourth-order valence-corrected chi connectivity index (χ4v) is 7.88. The van der Waals surface area contributed by atoms with E-state index in [9.17, 15) is 0 Å². The van der Waals surface area contributed by atoms with Gasteiger partial charge in [-0.15, -0.1) is 0 Å². The van der Waals surface area contributed by atoms with Crippen molar-refractivity contribution in [1.29, 1.82) is 0 Å². The molecule has 0 N–H and O–H groups in total. The number of hydrogen-bond donors (Lipinski definition) is 0. The first-order valence-corrected chi connectivity index (χ1v) is 24.0. The Balaban J connectivity index is 1.16. The number of nitrogens with zero attached hydrogens (tertiary/aromatic N) is 2. The van der Waals surface area contributed by atoms with E-state index in [1.807, 2.05) is 0 Å². The molecule has 0 radical (unpaired) electrons. The summed E-state index contributed by atoms with van der Waals surface area (Å²) in [5.41, 5.74) is 4.88. The number of aromatic nitrogens is 2. The molecule has 4 nitrogen and oxygen atoms in total. The van der Waals surface area contributed by atoms with Crippen molar-refractivity contribution in [3.05, 3.63) is 95.6 Å². The number of rotatable bonds is 38. The van der Waals surface area contributed by atoms with E-state index in [2.05, 4.69) is 96.3 Å². The summed E-state index contributed by atoms with van der Waals surface area (Å²) in [6.45, 7) is 9.31. The number of unbranched alkanes of at least 4 members (excludes halogenated alkanes) is 26. The van der Waals surface area contributed by atoms with Crippen LogP contribution in [0.25, 0.3) is 0 Å². The van der Waals surface area contributed by atoms with Gasteiger partial charge >= 0.3 is 0 Å². The summed E-state index contributed by atoms with van der Waals surface area (Å²) in [6.07, 6.45) is 48.2. The molecule has 0 aliphatic rings. The molecule has 0 fully saturated rings. The van der Waals surface area contributed by atoms with Crippen LogP contribution in [0.4, 0.5) is 0 Å². The minimum Gasteiger partial charge on any atom is -0.372 e. The lowest BCUT2D eigenvalue weighted by Crippen LogP contribution is -2.33. The standard InChI is InChI=1S/C52H86N2O2/c1-3-5-7-9-11-13-15-17-19-21-23-25-27-29-39-53-41-31-33-51(43-53)47-55-45-49-35-37-50(38-36-49)46-56-48-52-34-32-42-54(44-52)40-30-28-26-24-22-20-18-16-14-12-10-8-6-4-2/h31-38,41-44H,3-30,39-40,45-48H2,1-2H3/q+2. The van der Waals surface area contributed by atoms with Crippen molar-refractivity contribution < 1.29 is 18.6 Å². The van der Waals surface area contributed by atoms with Crippen molar-refractivity contribution in [3.8, 4) is 0 Å². The van der Waals surface area contributed by atoms with Gasteiger partial charge < -0.3 is 9.47 Å². The summed E-state index contributed by atoms with van der Waals surface area (Å²) in [4.78, 5) is 0. The maximum atomic E-state index is 6.11. The van der Waals surface area contributed by atoms with Gasteiger partial charge in [0.15, 0.2) is 24.8 Å². The average molecular weight is 771 g/mol. The molecule has 0 aliphatic heterocycles. The van der Waals surface area contributed by atoms with Gasteiger partial charge in [-0.1, -0.05) is 192 Å². The van der Waals surface area contributed by atoms with Gasteiger partial charge in [0.2, 0.25) is 0 Å². The largest absolute Gasteiger partial charge is 0.372 e. The molecule has 0 amide bonds. The normalized spacial score (nSPS) is 11.5. The molecule has 0 saturated heterocycles. The molecule has 2 heterocycles. The summed E-state index contributed by atoms with van der Waals surface area (Å²) >= 11 is 0. The van der Waals surface area contributed by atoms with Crippen LogP contribution in [0.1, 0.15) is 216 Å². The predicted octanol–water partition coefficient (Wildman–Crippen LogP) is 14.7. The first-order chi connectivity index (χ1) is 27.8. The van der Waals surface area contributed by atoms with E-state index >= 15 is 0 Å². The highest BCUT2D eigenvalue weighted by Crippen LogP contribution is 2.15. The number of hydrogen-bond acceptors (Lipinski definition) is 2. The van der Waals surface area contributed by atoms with Gasteiger partial charge in [-0.3, -0.25) is 0 Å². The van der Waals surface area contributed by atoms with Crippen LogP contribution in [0.15, 0.2) is 73.3 Å². The van der Waals surface area contributed by atoms with Crippen LogP contribution in [-0.4, -0.2) is 0 Å². The molecular formula is C52H86N2O2+2. The van der Waals surface area contributed by atoms with Crippen molar-refractivity contribution >= 4 is 0 Å². The first kappa shape index (κ1) is 47.8. The topological polar surface area (TPSA) is 26.2 Å². The average Bonchev–Trinajstić information content (AvgIpc) is 3.22. The number of benzene rings is 1. The zero-order valence-corrected chi connectivity index (χ0v) is 36.7. The Morgan fingerprint density at radius 3 is 0.893 bits per heavy atom. The number of ether oxygens (including phenoxy) is 2. The van der Waals surface area contributed by atoms with Crippen LogP contribution < -0.4 is 9.13 Å². The lowest BCUT2D eigenvalue weighted by Gasteiger charge is -2.07. The zero-order chi connectivity index (χ0) is 39.4. The molecule has 3 rings (SSSR count). The molecule has 0 atom stereocenters. The van der Waals surface area contributed by atoms with Crippen molar-refractivity contribution in [1.82, 2.24) is 0 Å². The maximum absolute atomic E-state index is 6.11. The predicted molar refractivity (Wildman–Crippen MR) is 237 cm³/mol. The molecule has 0 spiro atoms. The molecule has 0 bridgehead atoms. The van der Waals surface area contributed by atoms with Gasteiger partial charge in [0, 0.05) is 36.1 Å². The van der Waals surface area contributed by atoms with Gasteiger partial charge in [0.25, 0.3) is 0 Å². The van der Waals surface area contributed by atoms with Crippen LogP contribution >= 0.6 is 0 Å². The van der Waals surface area contributed by atoms with Crippen molar-refractivity contribution in [3.63, 3.8) is 0 Å². The van der Waals surface area contributed by atoms with Gasteiger partial charge in [0.1, 0.15) is 13.1 Å². The first-order valence-electron chi connectivity index (χ1n) is 24.0. The quantitative estimate of drug-likeness (QED) is 0.0428. The Hall–Kier alpha value is -2.56. The smallest absolute Gasteiger partial charge is 0.174 e. The highest BCUT2D eigenvalue weighted by atomic mass is 16.5. The molecule has 3 aromatic rings. The minimum absolute atomic E-state index is 0.623. The SMILES string of the molecule is CCCCCCCCCCCCCCCC[n+]1cccc(COCc2ccc(COCc3ccc[n+](CCCCCCCCCCCCCCCC)c3)cc2)c1. The summed E-state index contributed by atoms with van der Waals surface area (Å²) in [7, 11) is 0. The Morgan fingerprint density at radius 1 is 0.321 bits per heavy atom. The third kappa shape index (κ3) is 25.6. The third-order valence-corrected chi connectivity index (χ3v) is 11.5. The molecule has 1 aromatic carbocycles. The second-order valence-electron chi connectivity index (χ2n) is 16.9. The second kappa shape index (κ2) is 34.5. The lowest BCUT2D eigenvalue weighted by atomic mass is 10.0. The zero-order valence-electron chi connectivity index (χ0n) is 36.7. The van der Waals surface area contributed by atoms with Gasteiger partial charge in [-0.2, -0.15) is 0 Å². The second-order valence-corrected chi connectivity index (χ2v) is 16.9. The Morgan fingerprint density at radius 2 is 0.589 bits per heavy atom. The highest BCUT2D eigenvalue weighted by molar-refractivity contribution is 5.21. The van der Waals surface area contributed by atoms with Crippen LogP contribution in [0.3, 0.4) is 0 Å². The van der Waals surface area contributed by atoms with Gasteiger partial charge in [0.05, 0.1) is 26.4 Å². The van der Waals surface area contributed by atoms with Gasteiger partial charge in [-0.05, 0) is 36.1 Å². The fraction of sp³-hybridized carbons (Fsp3) is 0.692. The van der Waals surface area contributed by atoms with Crippen molar-refractivity contribution in [2.45, 2.75) is 233 Å². The van der Waals surface area contributed by atoms with Crippen LogP contribution in [-0.2, 0) is 49.0 Å². The Labute approximate surface area is 346 Å². The molecule has 0 saturated carbocycles. The van der Waals surface area contributed by atoms with Gasteiger partial charge in [-0.25, -0.2) is 9.13 Å². The maximum Gasteiger partial charge on any atom is 0.174 e. The summed E-state index contributed by atoms with van der Waals surface area (Å²) < 4.78 is 16.9. The molecule has 314 valence electrons. The third-order valence-electron chi connectivity index (χ3n) is 11.5. The molecule has 0 unspecified atom stereocenters.